The van der Waals surface area contributed by atoms with Crippen LogP contribution in [0.1, 0.15) is 10.4 Å². The zero-order valence-corrected chi connectivity index (χ0v) is 12.1. The summed E-state index contributed by atoms with van der Waals surface area (Å²) in [6.45, 7) is 0. The fourth-order valence-electron chi connectivity index (χ4n) is 2.06. The minimum absolute atomic E-state index is 0. The van der Waals surface area contributed by atoms with Gasteiger partial charge < -0.3 is 21.0 Å². The number of nitrogens with two attached hydrogens (primary N) is 1. The van der Waals surface area contributed by atoms with E-state index in [1.54, 1.807) is 31.6 Å². The number of rotatable bonds is 3. The summed E-state index contributed by atoms with van der Waals surface area (Å²) in [7, 11) is 1.60. The maximum absolute atomic E-state index is 11.1. The maximum Gasteiger partial charge on any atom is 1.00 e. The third-order valence-corrected chi connectivity index (χ3v) is 3.03. The Kier molecular flexibility index (Phi) is 4.35. The number of pyridine rings is 2. The van der Waals surface area contributed by atoms with Gasteiger partial charge in [-0.15, -0.1) is 5.10 Å². The molecule has 0 bridgehead atoms. The van der Waals surface area contributed by atoms with Gasteiger partial charge in [0.25, 0.3) is 0 Å². The fourth-order valence-corrected chi connectivity index (χ4v) is 2.06. The molecular weight excluding hydrogens is 279 g/mol. The van der Waals surface area contributed by atoms with E-state index in [1.165, 1.54) is 10.6 Å². The second kappa shape index (κ2) is 6.05. The van der Waals surface area contributed by atoms with Crippen molar-refractivity contribution in [3.63, 3.8) is 0 Å². The Morgan fingerprint density at radius 3 is 2.82 bits per heavy atom. The number of anilines is 2. The summed E-state index contributed by atoms with van der Waals surface area (Å²) in [5.41, 5.74) is 7.49. The van der Waals surface area contributed by atoms with Crippen molar-refractivity contribution in [1.82, 2.24) is 19.6 Å². The summed E-state index contributed by atoms with van der Waals surface area (Å²) in [6, 6.07) is 5.02. The molecule has 22 heavy (non-hydrogen) atoms. The predicted molar refractivity (Wildman–Crippen MR) is 74.5 cm³/mol. The van der Waals surface area contributed by atoms with Gasteiger partial charge in [-0.3, -0.25) is 0 Å². The maximum atomic E-state index is 11.1. The van der Waals surface area contributed by atoms with Crippen LogP contribution in [-0.4, -0.2) is 32.6 Å². The van der Waals surface area contributed by atoms with Gasteiger partial charge in [0.2, 0.25) is 5.95 Å². The molecule has 0 saturated heterocycles. The van der Waals surface area contributed by atoms with Crippen molar-refractivity contribution in [2.24, 2.45) is 0 Å². The van der Waals surface area contributed by atoms with Gasteiger partial charge in [0.1, 0.15) is 5.82 Å². The van der Waals surface area contributed by atoms with E-state index in [0.29, 0.717) is 11.2 Å². The SMILES string of the molecule is CNc1ncc(-c2ccn3nc(N)nc3c2)cc1C(=O)[O-].[Li+]. The molecule has 0 amide bonds. The van der Waals surface area contributed by atoms with Crippen LogP contribution in [0, 0.1) is 0 Å². The third kappa shape index (κ3) is 2.74. The Morgan fingerprint density at radius 2 is 2.14 bits per heavy atom. The Morgan fingerprint density at radius 1 is 1.36 bits per heavy atom. The molecule has 106 valence electrons. The summed E-state index contributed by atoms with van der Waals surface area (Å²) in [4.78, 5) is 19.3. The summed E-state index contributed by atoms with van der Waals surface area (Å²) < 4.78 is 1.54. The Labute approximate surface area is 137 Å². The Hall–Kier alpha value is -2.56. The van der Waals surface area contributed by atoms with Crippen molar-refractivity contribution in [3.8, 4) is 11.1 Å². The zero-order chi connectivity index (χ0) is 15.0. The van der Waals surface area contributed by atoms with Crippen LogP contribution in [0.3, 0.4) is 0 Å². The largest absolute Gasteiger partial charge is 1.00 e. The summed E-state index contributed by atoms with van der Waals surface area (Å²) in [6.07, 6.45) is 3.27. The smallest absolute Gasteiger partial charge is 0.545 e. The van der Waals surface area contributed by atoms with Crippen molar-refractivity contribution in [2.45, 2.75) is 0 Å². The molecule has 0 spiro atoms. The van der Waals surface area contributed by atoms with Crippen LogP contribution in [0.5, 0.6) is 0 Å². The third-order valence-electron chi connectivity index (χ3n) is 3.03. The molecule has 0 atom stereocenters. The van der Waals surface area contributed by atoms with E-state index in [2.05, 4.69) is 20.4 Å². The molecule has 0 radical (unpaired) electrons. The first kappa shape index (κ1) is 15.8. The predicted octanol–water partition coefficient (Wildman–Crippen LogP) is -3.22. The van der Waals surface area contributed by atoms with E-state index in [1.807, 2.05) is 0 Å². The van der Waals surface area contributed by atoms with E-state index in [9.17, 15) is 9.90 Å². The van der Waals surface area contributed by atoms with Crippen molar-refractivity contribution in [1.29, 1.82) is 0 Å². The van der Waals surface area contributed by atoms with Crippen LogP contribution in [0.4, 0.5) is 11.8 Å². The molecule has 3 aromatic heterocycles. The van der Waals surface area contributed by atoms with Crippen LogP contribution in [0.2, 0.25) is 0 Å². The van der Waals surface area contributed by atoms with Gasteiger partial charge in [0.05, 0.1) is 5.97 Å². The van der Waals surface area contributed by atoms with Crippen LogP contribution in [-0.2, 0) is 0 Å². The number of nitrogens with one attached hydrogen (secondary N) is 1. The molecule has 3 aromatic rings. The van der Waals surface area contributed by atoms with E-state index in [-0.39, 0.29) is 36.2 Å². The molecule has 0 aromatic carbocycles. The van der Waals surface area contributed by atoms with Crippen molar-refractivity contribution in [3.05, 3.63) is 36.2 Å². The number of carboxylic acids is 1. The molecule has 0 aliphatic carbocycles. The summed E-state index contributed by atoms with van der Waals surface area (Å²) in [5, 5.41) is 17.8. The topological polar surface area (TPSA) is 121 Å². The number of fused-ring (bicyclic) bond motifs is 1. The second-order valence-corrected chi connectivity index (χ2v) is 4.35. The second-order valence-electron chi connectivity index (χ2n) is 4.35. The van der Waals surface area contributed by atoms with Crippen LogP contribution < -0.4 is 35.0 Å². The summed E-state index contributed by atoms with van der Waals surface area (Å²) >= 11 is 0. The molecule has 3 N–H and O–H groups in total. The number of carboxylic acid groups (broad SMARTS) is 1. The van der Waals surface area contributed by atoms with Gasteiger partial charge in [0, 0.05) is 30.6 Å². The standard InChI is InChI=1S/C13H12N6O2.Li/c1-15-11-9(12(20)21)4-8(6-16-11)7-2-3-19-10(5-7)17-13(14)18-19;/h2-6H,1H3,(H2,14,18)(H,15,16)(H,20,21);/q;+1/p-1. The van der Waals surface area contributed by atoms with Crippen LogP contribution in [0.15, 0.2) is 30.6 Å². The monoisotopic (exact) mass is 290 g/mol. The molecule has 0 saturated carbocycles. The Balaban J connectivity index is 0.00000176. The fraction of sp³-hybridized carbons (Fsp3) is 0.0769. The van der Waals surface area contributed by atoms with E-state index >= 15 is 0 Å². The molecule has 0 aliphatic heterocycles. The summed E-state index contributed by atoms with van der Waals surface area (Å²) in [5.74, 6) is -0.862. The molecule has 0 fully saturated rings. The molecule has 0 aliphatic rings. The number of aromatic nitrogens is 4. The van der Waals surface area contributed by atoms with Crippen molar-refractivity contribution >= 4 is 23.4 Å². The first-order chi connectivity index (χ1) is 10.1. The number of carbonyl (C=O) groups excluding carboxylic acids is 1. The number of aromatic carboxylic acids is 1. The first-order valence-electron chi connectivity index (χ1n) is 6.10. The molecule has 3 rings (SSSR count). The van der Waals surface area contributed by atoms with Gasteiger partial charge in [-0.05, 0) is 23.8 Å². The normalized spacial score (nSPS) is 10.2. The first-order valence-corrected chi connectivity index (χ1v) is 6.10. The molecule has 9 heteroatoms. The quantitative estimate of drug-likeness (QED) is 0.487. The minimum atomic E-state index is -1.29. The number of hydrogen-bond acceptors (Lipinski definition) is 7. The Bertz CT molecular complexity index is 848. The van der Waals surface area contributed by atoms with Crippen LogP contribution >= 0.6 is 0 Å². The van der Waals surface area contributed by atoms with E-state index < -0.39 is 5.97 Å². The van der Waals surface area contributed by atoms with Gasteiger partial charge in [-0.2, -0.15) is 4.98 Å². The number of nitrogens with zero attached hydrogens (tertiary/aromatic N) is 4. The van der Waals surface area contributed by atoms with Gasteiger partial charge in [0.15, 0.2) is 5.65 Å². The minimum Gasteiger partial charge on any atom is -0.545 e. The van der Waals surface area contributed by atoms with Gasteiger partial charge >= 0.3 is 18.9 Å². The van der Waals surface area contributed by atoms with E-state index in [4.69, 9.17) is 5.73 Å². The average molecular weight is 290 g/mol. The number of hydrogen-bond donors (Lipinski definition) is 2. The average Bonchev–Trinajstić information content (AvgIpc) is 2.85. The van der Waals surface area contributed by atoms with Gasteiger partial charge in [-0.25, -0.2) is 9.50 Å². The number of carbonyl (C=O) groups is 1. The molecule has 8 nitrogen and oxygen atoms in total. The van der Waals surface area contributed by atoms with Gasteiger partial charge in [-0.1, -0.05) is 0 Å². The van der Waals surface area contributed by atoms with E-state index in [0.717, 1.165) is 5.56 Å². The van der Waals surface area contributed by atoms with Crippen LogP contribution in [0.25, 0.3) is 16.8 Å². The zero-order valence-electron chi connectivity index (χ0n) is 12.1. The van der Waals surface area contributed by atoms with Crippen molar-refractivity contribution in [2.75, 3.05) is 18.1 Å². The molecule has 3 heterocycles. The van der Waals surface area contributed by atoms with Crippen molar-refractivity contribution < 1.29 is 28.8 Å². The number of nitrogen functional groups attached to an aromatic ring is 1. The molecular formula is C13H11LiN6O2. The molecule has 0 unspecified atom stereocenters.